The number of hydrogen-bond donors (Lipinski definition) is 1. The monoisotopic (exact) mass is 558 g/mol. The lowest BCUT2D eigenvalue weighted by Crippen LogP contribution is -2.42. The van der Waals surface area contributed by atoms with E-state index in [0.29, 0.717) is 44.2 Å². The molecule has 1 saturated heterocycles. The van der Waals surface area contributed by atoms with E-state index in [-0.39, 0.29) is 33.2 Å². The number of fused-ring (bicyclic) bond motifs is 1. The minimum atomic E-state index is -3.30. The quantitative estimate of drug-likeness (QED) is 0.353. The van der Waals surface area contributed by atoms with Crippen molar-refractivity contribution < 1.29 is 22.9 Å². The zero-order valence-corrected chi connectivity index (χ0v) is 21.8. The second kappa shape index (κ2) is 10.2. The van der Waals surface area contributed by atoms with E-state index in [1.807, 2.05) is 0 Å². The number of halogens is 1. The molecule has 1 aromatic heterocycles. The first kappa shape index (κ1) is 25.8. The number of aromatic nitrogens is 2. The Balaban J connectivity index is 1.24. The molecule has 38 heavy (non-hydrogen) atoms. The molecule has 1 N–H and O–H groups in total. The highest BCUT2D eigenvalue weighted by Gasteiger charge is 2.30. The second-order valence-corrected chi connectivity index (χ2v) is 11.4. The molecule has 14 heteroatoms. The summed E-state index contributed by atoms with van der Waals surface area (Å²) in [5.74, 6) is 0.753. The fourth-order valence-electron chi connectivity index (χ4n) is 4.43. The molecule has 1 fully saturated rings. The van der Waals surface area contributed by atoms with E-state index < -0.39 is 14.8 Å². The number of nitro benzene ring substituents is 1. The normalized spacial score (nSPS) is 15.8. The Morgan fingerprint density at radius 3 is 2.53 bits per heavy atom. The Kier molecular flexibility index (Phi) is 6.90. The van der Waals surface area contributed by atoms with Crippen molar-refractivity contribution >= 4 is 44.5 Å². The number of nitrogens with zero attached hydrogens (tertiary/aromatic N) is 5. The van der Waals surface area contributed by atoms with Gasteiger partial charge in [0.15, 0.2) is 15.7 Å². The molecule has 0 atom stereocenters. The van der Waals surface area contributed by atoms with Crippen molar-refractivity contribution in [1.82, 2.24) is 20.3 Å². The number of hydrogen-bond acceptors (Lipinski definition) is 10. The maximum Gasteiger partial charge on any atom is 0.288 e. The molecule has 12 nitrogen and oxygen atoms in total. The lowest BCUT2D eigenvalue weighted by Gasteiger charge is -2.32. The predicted octanol–water partition coefficient (Wildman–Crippen LogP) is 3.28. The van der Waals surface area contributed by atoms with Gasteiger partial charge >= 0.3 is 0 Å². The van der Waals surface area contributed by atoms with Gasteiger partial charge in [0.1, 0.15) is 17.5 Å². The molecular weight excluding hydrogens is 536 g/mol. The summed E-state index contributed by atoms with van der Waals surface area (Å²) in [4.78, 5) is 34.0. The van der Waals surface area contributed by atoms with Gasteiger partial charge < -0.3 is 9.64 Å². The molecule has 198 valence electrons. The summed E-state index contributed by atoms with van der Waals surface area (Å²) in [5, 5.41) is 12.9. The van der Waals surface area contributed by atoms with E-state index in [0.717, 1.165) is 17.5 Å². The molecule has 0 radical (unpaired) electrons. The van der Waals surface area contributed by atoms with E-state index in [9.17, 15) is 23.3 Å². The first-order valence-corrected chi connectivity index (χ1v) is 14.0. The number of rotatable bonds is 6. The molecule has 0 aliphatic carbocycles. The average Bonchev–Trinajstić information content (AvgIpc) is 3.34. The zero-order valence-electron chi connectivity index (χ0n) is 20.2. The van der Waals surface area contributed by atoms with Crippen molar-refractivity contribution in [2.45, 2.75) is 30.4 Å². The van der Waals surface area contributed by atoms with Crippen LogP contribution in [0.4, 0.5) is 17.2 Å². The number of ether oxygens (including phenoxy) is 1. The number of carbonyl (C=O) groups excluding carboxylic acids is 1. The van der Waals surface area contributed by atoms with Crippen LogP contribution in [0.3, 0.4) is 0 Å². The summed E-state index contributed by atoms with van der Waals surface area (Å²) in [6.45, 7) is 1.26. The van der Waals surface area contributed by atoms with Crippen molar-refractivity contribution in [1.29, 1.82) is 0 Å². The summed E-state index contributed by atoms with van der Waals surface area (Å²) in [7, 11) is -3.30. The highest BCUT2D eigenvalue weighted by Crippen LogP contribution is 2.35. The van der Waals surface area contributed by atoms with Crippen molar-refractivity contribution in [2.75, 3.05) is 24.4 Å². The van der Waals surface area contributed by atoms with Gasteiger partial charge in [-0.1, -0.05) is 11.6 Å². The summed E-state index contributed by atoms with van der Waals surface area (Å²) < 4.78 is 29.7. The Hall–Kier alpha value is -3.81. The largest absolute Gasteiger partial charge is 0.474 e. The summed E-state index contributed by atoms with van der Waals surface area (Å²) in [5.41, 5.74) is 4.62. The number of piperidine rings is 1. The second-order valence-electron chi connectivity index (χ2n) is 8.95. The van der Waals surface area contributed by atoms with Gasteiger partial charge in [0.2, 0.25) is 5.88 Å². The molecule has 0 saturated carbocycles. The number of hydrazine groups is 1. The number of anilines is 2. The molecule has 1 amide bonds. The smallest absolute Gasteiger partial charge is 0.288 e. The topological polar surface area (TPSA) is 148 Å². The molecule has 3 heterocycles. The maximum atomic E-state index is 12.9. The summed E-state index contributed by atoms with van der Waals surface area (Å²) in [6, 6.07) is 10.5. The van der Waals surface area contributed by atoms with Crippen molar-refractivity contribution in [3.8, 4) is 5.88 Å². The van der Waals surface area contributed by atoms with Crippen LogP contribution in [0.5, 0.6) is 5.88 Å². The van der Waals surface area contributed by atoms with Gasteiger partial charge in [-0.3, -0.25) is 19.9 Å². The lowest BCUT2D eigenvalue weighted by atomic mass is 10.1. The molecule has 0 unspecified atom stereocenters. The van der Waals surface area contributed by atoms with E-state index in [1.165, 1.54) is 24.5 Å². The van der Waals surface area contributed by atoms with Crippen LogP contribution in [0, 0.1) is 10.1 Å². The Bertz CT molecular complexity index is 1510. The summed E-state index contributed by atoms with van der Waals surface area (Å²) >= 11 is 5.86. The van der Waals surface area contributed by atoms with Crippen LogP contribution in [0.2, 0.25) is 5.02 Å². The molecule has 2 aliphatic heterocycles. The molecule has 2 aromatic carbocycles. The van der Waals surface area contributed by atoms with E-state index in [1.54, 1.807) is 34.2 Å². The molecule has 3 aromatic rings. The van der Waals surface area contributed by atoms with Crippen LogP contribution >= 0.6 is 11.6 Å². The number of amides is 1. The van der Waals surface area contributed by atoms with Crippen LogP contribution in [-0.4, -0.2) is 59.6 Å². The Labute approximate surface area is 223 Å². The molecule has 0 bridgehead atoms. The highest BCUT2D eigenvalue weighted by molar-refractivity contribution is 7.90. The van der Waals surface area contributed by atoms with Gasteiger partial charge in [0, 0.05) is 50.4 Å². The number of nitrogens with one attached hydrogen (secondary N) is 1. The first-order chi connectivity index (χ1) is 18.1. The third-order valence-corrected chi connectivity index (χ3v) is 7.88. The van der Waals surface area contributed by atoms with Crippen LogP contribution in [0.15, 0.2) is 53.7 Å². The van der Waals surface area contributed by atoms with E-state index in [4.69, 9.17) is 16.3 Å². The number of carbonyl (C=O) groups is 1. The van der Waals surface area contributed by atoms with Gasteiger partial charge in [0.25, 0.3) is 11.6 Å². The molecule has 2 aliphatic rings. The molecular formula is C24H23ClN6O6S. The number of benzene rings is 2. The van der Waals surface area contributed by atoms with Crippen LogP contribution in [0.25, 0.3) is 0 Å². The number of nitro groups is 1. The fraction of sp³-hybridized carbons (Fsp3) is 0.292. The number of likely N-dealkylation sites (tertiary alicyclic amines) is 1. The minimum Gasteiger partial charge on any atom is -0.474 e. The minimum absolute atomic E-state index is 0.0185. The van der Waals surface area contributed by atoms with Gasteiger partial charge in [0.05, 0.1) is 21.1 Å². The fourth-order valence-corrected chi connectivity index (χ4v) is 5.25. The van der Waals surface area contributed by atoms with Crippen molar-refractivity contribution in [3.63, 3.8) is 0 Å². The van der Waals surface area contributed by atoms with E-state index >= 15 is 0 Å². The van der Waals surface area contributed by atoms with E-state index in [2.05, 4.69) is 15.4 Å². The highest BCUT2D eigenvalue weighted by atomic mass is 35.5. The first-order valence-electron chi connectivity index (χ1n) is 11.7. The lowest BCUT2D eigenvalue weighted by molar-refractivity contribution is -0.384. The summed E-state index contributed by atoms with van der Waals surface area (Å²) in [6.07, 6.45) is 3.51. The van der Waals surface area contributed by atoms with Crippen molar-refractivity contribution in [2.24, 2.45) is 0 Å². The van der Waals surface area contributed by atoms with Gasteiger partial charge in [-0.15, -0.1) is 0 Å². The van der Waals surface area contributed by atoms with Crippen LogP contribution < -0.4 is 15.2 Å². The van der Waals surface area contributed by atoms with Crippen LogP contribution in [0.1, 0.15) is 28.8 Å². The maximum absolute atomic E-state index is 12.9. The van der Waals surface area contributed by atoms with Gasteiger partial charge in [-0.2, -0.15) is 0 Å². The Morgan fingerprint density at radius 1 is 1.16 bits per heavy atom. The predicted molar refractivity (Wildman–Crippen MR) is 138 cm³/mol. The van der Waals surface area contributed by atoms with Crippen LogP contribution in [-0.2, 0) is 16.4 Å². The SMILES string of the molecule is CS(=O)(=O)c1ccc(N2NCc3c(OC4CCN(C(=O)c5ccc(Cl)c([N+](=O)[O-])c5)CC4)ncnc32)cc1. The van der Waals surface area contributed by atoms with Crippen molar-refractivity contribution in [3.05, 3.63) is 75.1 Å². The zero-order chi connectivity index (χ0) is 27.0. The molecule has 5 rings (SSSR count). The average molecular weight is 559 g/mol. The third-order valence-electron chi connectivity index (χ3n) is 6.43. The third kappa shape index (κ3) is 5.12. The standard InChI is InChI=1S/C24H23ClN6O6S/c1-38(35,36)18-5-3-16(4-6-18)30-22-19(13-28-30)23(27-14-26-22)37-17-8-10-29(11-9-17)24(32)15-2-7-20(25)21(12-15)31(33)34/h2-7,12,14,17,28H,8-11,13H2,1H3. The van der Waals surface area contributed by atoms with Gasteiger partial charge in [-0.05, 0) is 36.4 Å². The molecule has 0 spiro atoms. The Morgan fingerprint density at radius 2 is 1.87 bits per heavy atom. The van der Waals surface area contributed by atoms with Gasteiger partial charge in [-0.25, -0.2) is 23.8 Å². The number of sulfone groups is 1.